The minimum Gasteiger partial charge on any atom is -0.355 e. The fraction of sp³-hybridized carbons (Fsp3) is 0.263. The third kappa shape index (κ3) is 2.71. The molecule has 0 saturated carbocycles. The lowest BCUT2D eigenvalue weighted by Gasteiger charge is -2.23. The Balaban J connectivity index is 1.55. The number of nitrogens with one attached hydrogen (secondary N) is 4. The molecule has 0 atom stereocenters. The van der Waals surface area contributed by atoms with Gasteiger partial charge in [-0.25, -0.2) is 5.53 Å². The van der Waals surface area contributed by atoms with Crippen LogP contribution in [0.2, 0.25) is 0 Å². The van der Waals surface area contributed by atoms with Crippen LogP contribution in [0.1, 0.15) is 29.9 Å². The molecule has 2 aliphatic heterocycles. The minimum absolute atomic E-state index is 0.607. The topological polar surface area (TPSA) is 86.5 Å². The Labute approximate surface area is 150 Å². The smallest absolute Gasteiger partial charge is 0.174 e. The molecule has 0 aliphatic carbocycles. The molecule has 3 heterocycles. The van der Waals surface area contributed by atoms with E-state index >= 15 is 0 Å². The largest absolute Gasteiger partial charge is 0.355 e. The summed E-state index contributed by atoms with van der Waals surface area (Å²) >= 11 is 0. The van der Waals surface area contributed by atoms with Crippen LogP contribution in [0.4, 0.5) is 0 Å². The van der Waals surface area contributed by atoms with E-state index in [9.17, 15) is 0 Å². The maximum Gasteiger partial charge on any atom is 0.174 e. The van der Waals surface area contributed by atoms with Gasteiger partial charge < -0.3 is 9.84 Å². The van der Waals surface area contributed by atoms with E-state index in [0.717, 1.165) is 46.7 Å². The van der Waals surface area contributed by atoms with Crippen molar-refractivity contribution in [2.75, 3.05) is 13.1 Å². The number of benzene rings is 2. The quantitative estimate of drug-likeness (QED) is 0.581. The molecule has 0 unspecified atom stereocenters. The Morgan fingerprint density at radius 3 is 2.77 bits per heavy atom. The number of amidine groups is 1. The zero-order valence-electron chi connectivity index (χ0n) is 14.2. The highest BCUT2D eigenvalue weighted by Gasteiger charge is 2.18. The minimum atomic E-state index is 0.607. The summed E-state index contributed by atoms with van der Waals surface area (Å²) in [5, 5.41) is 12.8. The second-order valence-electron chi connectivity index (χ2n) is 6.72. The van der Waals surface area contributed by atoms with Crippen molar-refractivity contribution in [3.63, 3.8) is 0 Å². The molecule has 3 aromatic rings. The van der Waals surface area contributed by atoms with Crippen LogP contribution in [0.3, 0.4) is 0 Å². The molecule has 0 amide bonds. The number of hydrazine groups is 2. The molecule has 26 heavy (non-hydrogen) atoms. The summed E-state index contributed by atoms with van der Waals surface area (Å²) < 4.78 is 5.71. The van der Waals surface area contributed by atoms with Crippen molar-refractivity contribution in [2.45, 2.75) is 18.8 Å². The van der Waals surface area contributed by atoms with Crippen molar-refractivity contribution in [3.8, 4) is 11.3 Å². The summed E-state index contributed by atoms with van der Waals surface area (Å²) in [7, 11) is 0. The van der Waals surface area contributed by atoms with Gasteiger partial charge in [-0.3, -0.25) is 5.43 Å². The summed E-state index contributed by atoms with van der Waals surface area (Å²) in [5.74, 6) is 2.15. The molecule has 4 N–H and O–H groups in total. The molecular weight excluding hydrogens is 328 g/mol. The number of rotatable bonds is 3. The van der Waals surface area contributed by atoms with Gasteiger partial charge in [0.2, 0.25) is 0 Å². The van der Waals surface area contributed by atoms with E-state index in [-0.39, 0.29) is 0 Å². The number of nitrogens with zero attached hydrogens (tertiary/aromatic N) is 2. The van der Waals surface area contributed by atoms with Gasteiger partial charge >= 0.3 is 0 Å². The Morgan fingerprint density at radius 2 is 1.92 bits per heavy atom. The van der Waals surface area contributed by atoms with E-state index in [4.69, 9.17) is 4.52 Å². The van der Waals surface area contributed by atoms with Crippen molar-refractivity contribution in [3.05, 3.63) is 53.6 Å². The summed E-state index contributed by atoms with van der Waals surface area (Å²) in [5.41, 5.74) is 12.7. The molecule has 1 saturated heterocycles. The van der Waals surface area contributed by atoms with E-state index in [1.165, 1.54) is 18.4 Å². The molecule has 1 fully saturated rings. The summed E-state index contributed by atoms with van der Waals surface area (Å²) in [6, 6.07) is 14.7. The predicted molar refractivity (Wildman–Crippen MR) is 100 cm³/mol. The number of hydrogen-bond acceptors (Lipinski definition) is 7. The van der Waals surface area contributed by atoms with Crippen molar-refractivity contribution in [1.82, 2.24) is 27.0 Å². The van der Waals surface area contributed by atoms with Crippen LogP contribution in [0.15, 0.2) is 52.1 Å². The fourth-order valence-electron chi connectivity index (χ4n) is 3.72. The average Bonchev–Trinajstić information content (AvgIpc) is 3.38. The van der Waals surface area contributed by atoms with E-state index < -0.39 is 0 Å². The van der Waals surface area contributed by atoms with Crippen molar-refractivity contribution >= 4 is 16.7 Å². The molecule has 1 aromatic heterocycles. The monoisotopic (exact) mass is 348 g/mol. The first kappa shape index (κ1) is 15.4. The Morgan fingerprint density at radius 1 is 1.00 bits per heavy atom. The van der Waals surface area contributed by atoms with Crippen LogP contribution in [0.5, 0.6) is 0 Å². The molecule has 2 aliphatic rings. The number of piperidine rings is 1. The van der Waals surface area contributed by atoms with Crippen molar-refractivity contribution < 1.29 is 4.52 Å². The van der Waals surface area contributed by atoms with E-state index in [0.29, 0.717) is 5.92 Å². The Bertz CT molecular complexity index is 973. The normalized spacial score (nSPS) is 17.8. The maximum atomic E-state index is 5.71. The van der Waals surface area contributed by atoms with Crippen LogP contribution in [0.25, 0.3) is 22.2 Å². The highest BCUT2D eigenvalue weighted by Crippen LogP contribution is 2.33. The van der Waals surface area contributed by atoms with Gasteiger partial charge in [0.05, 0.1) is 5.39 Å². The summed E-state index contributed by atoms with van der Waals surface area (Å²) in [6.07, 6.45) is 2.35. The van der Waals surface area contributed by atoms with E-state index in [1.54, 1.807) is 0 Å². The van der Waals surface area contributed by atoms with Crippen LogP contribution in [-0.4, -0.2) is 24.1 Å². The number of hydrogen-bond donors (Lipinski definition) is 4. The summed E-state index contributed by atoms with van der Waals surface area (Å²) in [4.78, 5) is 0. The molecule has 0 radical (unpaired) electrons. The zero-order valence-corrected chi connectivity index (χ0v) is 14.2. The van der Waals surface area contributed by atoms with Gasteiger partial charge in [0, 0.05) is 11.1 Å². The molecule has 0 bridgehead atoms. The van der Waals surface area contributed by atoms with Crippen LogP contribution in [-0.2, 0) is 0 Å². The first-order chi connectivity index (χ1) is 12.9. The fourth-order valence-corrected chi connectivity index (χ4v) is 3.72. The van der Waals surface area contributed by atoms with E-state index in [2.05, 4.69) is 62.4 Å². The third-order valence-corrected chi connectivity index (χ3v) is 5.11. The van der Waals surface area contributed by atoms with Gasteiger partial charge in [-0.2, -0.15) is 0 Å². The highest BCUT2D eigenvalue weighted by atomic mass is 16.5. The van der Waals surface area contributed by atoms with Crippen molar-refractivity contribution in [1.29, 1.82) is 0 Å². The van der Waals surface area contributed by atoms with Crippen molar-refractivity contribution in [2.24, 2.45) is 5.10 Å². The van der Waals surface area contributed by atoms with Gasteiger partial charge in [-0.1, -0.05) is 23.4 Å². The zero-order chi connectivity index (χ0) is 17.3. The molecule has 0 spiro atoms. The molecular formula is C19H20N6O. The maximum absolute atomic E-state index is 5.71. The lowest BCUT2D eigenvalue weighted by atomic mass is 9.89. The molecule has 132 valence electrons. The van der Waals surface area contributed by atoms with Crippen LogP contribution < -0.4 is 21.8 Å². The highest BCUT2D eigenvalue weighted by molar-refractivity contribution is 6.03. The van der Waals surface area contributed by atoms with Gasteiger partial charge in [-0.15, -0.1) is 10.6 Å². The standard InChI is InChI=1S/C19H20N6O/c1-2-13(12-6-8-20-9-7-12)10-14(3-1)18-16-11-15(19-21-24-25-22-19)4-5-17(16)23-26-18/h1-5,10-12,20,24-25H,6-9H2,(H,21,22). The van der Waals surface area contributed by atoms with Gasteiger partial charge in [0.25, 0.3) is 0 Å². The molecule has 7 nitrogen and oxygen atoms in total. The number of hydrazone groups is 1. The first-order valence-electron chi connectivity index (χ1n) is 8.93. The van der Waals surface area contributed by atoms with E-state index in [1.807, 2.05) is 12.1 Å². The second kappa shape index (κ2) is 6.44. The Kier molecular flexibility index (Phi) is 3.80. The lowest BCUT2D eigenvalue weighted by Crippen LogP contribution is -2.35. The SMILES string of the molecule is c1cc(-c2onc3ccc(C4=NNNN4)cc23)cc(C2CCNCC2)c1. The van der Waals surface area contributed by atoms with Crippen LogP contribution in [0, 0.1) is 0 Å². The Hall–Kier alpha value is -2.90. The van der Waals surface area contributed by atoms with Gasteiger partial charge in [0.15, 0.2) is 11.6 Å². The predicted octanol–water partition coefficient (Wildman–Crippen LogP) is 2.24. The number of aromatic nitrogens is 1. The number of fused-ring (bicyclic) bond motifs is 1. The lowest BCUT2D eigenvalue weighted by molar-refractivity contribution is 0.440. The van der Waals surface area contributed by atoms with Crippen LogP contribution >= 0.6 is 0 Å². The first-order valence-corrected chi connectivity index (χ1v) is 8.93. The second-order valence-corrected chi connectivity index (χ2v) is 6.72. The molecule has 5 rings (SSSR count). The molecule has 7 heteroatoms. The molecule has 2 aromatic carbocycles. The average molecular weight is 348 g/mol. The third-order valence-electron chi connectivity index (χ3n) is 5.11. The summed E-state index contributed by atoms with van der Waals surface area (Å²) in [6.45, 7) is 2.17. The van der Waals surface area contributed by atoms with Gasteiger partial charge in [-0.05, 0) is 61.7 Å². The van der Waals surface area contributed by atoms with Gasteiger partial charge in [0.1, 0.15) is 5.52 Å².